The van der Waals surface area contributed by atoms with Gasteiger partial charge in [0.2, 0.25) is 5.79 Å². The number of halogens is 3. The summed E-state index contributed by atoms with van der Waals surface area (Å²) in [4.78, 5) is 23.9. The number of sulfone groups is 2. The van der Waals surface area contributed by atoms with Gasteiger partial charge in [-0.15, -0.1) is 0 Å². The van der Waals surface area contributed by atoms with Gasteiger partial charge < -0.3 is 43.4 Å². The van der Waals surface area contributed by atoms with E-state index in [2.05, 4.69) is 21.9 Å². The zero-order valence-corrected chi connectivity index (χ0v) is 46.6. The number of aliphatic imine (C=N–C) groups is 1. The van der Waals surface area contributed by atoms with Crippen molar-refractivity contribution < 1.29 is 58.4 Å². The van der Waals surface area contributed by atoms with E-state index in [9.17, 15) is 30.0 Å². The number of aromatic amines is 3. The van der Waals surface area contributed by atoms with E-state index in [0.29, 0.717) is 34.6 Å². The molecule has 2 unspecified atom stereocenters. The molecule has 79 heavy (non-hydrogen) atoms. The van der Waals surface area contributed by atoms with Crippen LogP contribution in [-0.4, -0.2) is 116 Å². The van der Waals surface area contributed by atoms with Gasteiger partial charge in [-0.25, -0.2) is 26.8 Å². The Labute approximate surface area is 458 Å². The molecule has 422 valence electrons. The average Bonchev–Trinajstić information content (AvgIpc) is 3.77. The van der Waals surface area contributed by atoms with Crippen molar-refractivity contribution in [3.8, 4) is 11.5 Å². The molecule has 0 amide bonds. The van der Waals surface area contributed by atoms with Crippen molar-refractivity contribution in [2.24, 2.45) is 4.99 Å². The minimum absolute atomic E-state index is 0.0546. The Morgan fingerprint density at radius 1 is 0.620 bits per heavy atom. The van der Waals surface area contributed by atoms with Crippen LogP contribution in [0.4, 0.5) is 13.2 Å². The lowest BCUT2D eigenvalue weighted by Crippen LogP contribution is -2.62. The van der Waals surface area contributed by atoms with E-state index in [1.807, 2.05) is 61.6 Å². The standard InChI is InChI=1S/C58H67F3N6O10S2/c1-6-7-8-9-10-11-12-13-24-73-56(72-3)37-48-52(38-57(56,74-25-14-27-78(4,68)69)75-26-15-28-79(5,70)71)62-23-22-55(48,76-47-20-21-49-40(30-47)31-54(67-49)58(59,60)61)77-53-36-46-33-43-17-16-41(63-43)32-42-18-19-44(64-42)34-50-39(2)29-45(65-50)35-51(53)66-46/h16-21,23,29-38,65-67H,6-15,22,24-28H2,1-5H3. The quantitative estimate of drug-likeness (QED) is 0.0361. The number of methoxy groups -OCH3 is 1. The number of fused-ring (bicyclic) bond motifs is 10. The molecule has 0 fully saturated rings. The zero-order chi connectivity index (χ0) is 56.1. The predicted octanol–water partition coefficient (Wildman–Crippen LogP) is 12.0. The molecule has 16 nitrogen and oxygen atoms in total. The van der Waals surface area contributed by atoms with E-state index in [4.69, 9.17) is 43.4 Å². The van der Waals surface area contributed by atoms with Crippen LogP contribution in [0.2, 0.25) is 0 Å². The summed E-state index contributed by atoms with van der Waals surface area (Å²) in [5.74, 6) is -5.94. The predicted molar refractivity (Wildman–Crippen MR) is 302 cm³/mol. The first-order chi connectivity index (χ1) is 37.6. The smallest absolute Gasteiger partial charge is 0.431 e. The van der Waals surface area contributed by atoms with Crippen LogP contribution in [0.15, 0.2) is 89.1 Å². The van der Waals surface area contributed by atoms with Crippen molar-refractivity contribution >= 4 is 83.2 Å². The number of nitrogens with one attached hydrogen (secondary N) is 3. The largest absolute Gasteiger partial charge is 0.448 e. The van der Waals surface area contributed by atoms with Crippen LogP contribution in [0.25, 0.3) is 57.3 Å². The highest BCUT2D eigenvalue weighted by atomic mass is 32.2. The topological polar surface area (TPSA) is 209 Å². The molecule has 3 N–H and O–H groups in total. The fourth-order valence-corrected chi connectivity index (χ4v) is 11.3. The molecule has 2 atom stereocenters. The summed E-state index contributed by atoms with van der Waals surface area (Å²) >= 11 is 0. The van der Waals surface area contributed by atoms with Gasteiger partial charge in [-0.1, -0.05) is 51.9 Å². The first-order valence-corrected chi connectivity index (χ1v) is 30.8. The molecule has 4 aliphatic rings. The van der Waals surface area contributed by atoms with Gasteiger partial charge in [-0.2, -0.15) is 13.2 Å². The van der Waals surface area contributed by atoms with Crippen LogP contribution in [0, 0.1) is 6.92 Å². The van der Waals surface area contributed by atoms with Crippen LogP contribution >= 0.6 is 0 Å². The van der Waals surface area contributed by atoms with Gasteiger partial charge in [-0.05, 0) is 117 Å². The minimum Gasteiger partial charge on any atom is -0.448 e. The van der Waals surface area contributed by atoms with Gasteiger partial charge in [0.05, 0.1) is 77.3 Å². The fraction of sp³-hybridized carbons (Fsp3) is 0.431. The van der Waals surface area contributed by atoms with Crippen molar-refractivity contribution in [3.05, 3.63) is 118 Å². The fourth-order valence-electron chi connectivity index (χ4n) is 9.99. The average molecular weight is 1130 g/mol. The van der Waals surface area contributed by atoms with Gasteiger partial charge in [0.25, 0.3) is 11.6 Å². The highest BCUT2D eigenvalue weighted by Crippen LogP contribution is 2.49. The number of benzene rings is 1. The molecule has 3 aliphatic heterocycles. The van der Waals surface area contributed by atoms with Crippen LogP contribution in [0.1, 0.15) is 112 Å². The lowest BCUT2D eigenvalue weighted by atomic mass is 9.85. The summed E-state index contributed by atoms with van der Waals surface area (Å²) in [5.41, 5.74) is 6.23. The number of H-pyrrole nitrogens is 3. The number of alkyl halides is 3. The number of aryl methyl sites for hydroxylation is 1. The van der Waals surface area contributed by atoms with E-state index < -0.39 is 48.9 Å². The van der Waals surface area contributed by atoms with Crippen LogP contribution < -0.4 is 9.47 Å². The summed E-state index contributed by atoms with van der Waals surface area (Å²) < 4.78 is 133. The van der Waals surface area contributed by atoms with E-state index in [0.717, 1.165) is 85.1 Å². The molecule has 0 spiro atoms. The number of hydrogen-bond acceptors (Lipinski definition) is 13. The summed E-state index contributed by atoms with van der Waals surface area (Å²) in [6.07, 6.45) is 18.1. The lowest BCUT2D eigenvalue weighted by molar-refractivity contribution is -0.366. The highest BCUT2D eigenvalue weighted by molar-refractivity contribution is 7.90. The van der Waals surface area contributed by atoms with E-state index in [1.54, 1.807) is 30.5 Å². The van der Waals surface area contributed by atoms with Crippen LogP contribution in [0.5, 0.6) is 11.5 Å². The summed E-state index contributed by atoms with van der Waals surface area (Å²) in [7, 11) is -5.43. The van der Waals surface area contributed by atoms with Crippen molar-refractivity contribution in [3.63, 3.8) is 0 Å². The molecule has 4 aromatic heterocycles. The maximum absolute atomic E-state index is 14.1. The van der Waals surface area contributed by atoms with Gasteiger partial charge in [0.1, 0.15) is 36.9 Å². The molecule has 0 radical (unpaired) electrons. The van der Waals surface area contributed by atoms with Crippen LogP contribution in [0.3, 0.4) is 0 Å². The first kappa shape index (κ1) is 57.3. The molecule has 0 saturated carbocycles. The Bertz CT molecular complexity index is 3580. The van der Waals surface area contributed by atoms with Gasteiger partial charge in [0, 0.05) is 65.4 Å². The van der Waals surface area contributed by atoms with Gasteiger partial charge in [-0.3, -0.25) is 4.99 Å². The number of rotatable bonds is 25. The maximum atomic E-state index is 14.1. The first-order valence-electron chi connectivity index (χ1n) is 26.6. The summed E-state index contributed by atoms with van der Waals surface area (Å²) in [6, 6.07) is 16.9. The van der Waals surface area contributed by atoms with Gasteiger partial charge in [0.15, 0.2) is 0 Å². The molecular weight excluding hydrogens is 1060 g/mol. The molecule has 1 aromatic carbocycles. The third-order valence-electron chi connectivity index (χ3n) is 13.9. The molecule has 1 aliphatic carbocycles. The number of hydrogen-bond donors (Lipinski definition) is 3. The van der Waals surface area contributed by atoms with E-state index >= 15 is 0 Å². The number of aromatic nitrogens is 5. The molecule has 21 heteroatoms. The maximum Gasteiger partial charge on any atom is 0.431 e. The second kappa shape index (κ2) is 23.8. The van der Waals surface area contributed by atoms with E-state index in [1.165, 1.54) is 25.7 Å². The third-order valence-corrected chi connectivity index (χ3v) is 16.0. The molecule has 0 saturated heterocycles. The normalized spacial score (nSPS) is 18.9. The Hall–Kier alpha value is -6.36. The lowest BCUT2D eigenvalue weighted by Gasteiger charge is -2.49. The van der Waals surface area contributed by atoms with Crippen molar-refractivity contribution in [1.82, 2.24) is 24.9 Å². The summed E-state index contributed by atoms with van der Waals surface area (Å²) in [5, 5.41) is 0.222. The highest BCUT2D eigenvalue weighted by Gasteiger charge is 2.60. The Morgan fingerprint density at radius 2 is 1.22 bits per heavy atom. The summed E-state index contributed by atoms with van der Waals surface area (Å²) in [6.45, 7) is 3.95. The Balaban J connectivity index is 1.21. The monoisotopic (exact) mass is 1130 g/mol. The second-order valence-electron chi connectivity index (χ2n) is 20.5. The second-order valence-corrected chi connectivity index (χ2v) is 25.0. The molecule has 8 bridgehead atoms. The molecule has 7 heterocycles. The Kier molecular flexibility index (Phi) is 17.2. The number of nitrogens with zero attached hydrogens (tertiary/aromatic N) is 3. The van der Waals surface area contributed by atoms with Gasteiger partial charge >= 0.3 is 6.18 Å². The molecule has 9 rings (SSSR count). The van der Waals surface area contributed by atoms with Crippen molar-refractivity contribution in [2.45, 2.75) is 108 Å². The molecule has 5 aromatic rings. The van der Waals surface area contributed by atoms with Crippen molar-refractivity contribution in [1.29, 1.82) is 0 Å². The van der Waals surface area contributed by atoms with E-state index in [-0.39, 0.29) is 78.5 Å². The SMILES string of the molecule is CCCCCCCCCCOC1(OC)C=C2C(=CC1(OCCCS(C)(=O)=O)OCCCS(C)(=O)=O)N=CCC2(Oc1ccc2[nH]c(C(F)(F)F)cc2c1)Oc1cc2cc3nc(cc4nc(cc5[nH]c(cc5C)cc1[nH]2)C=C4)C=C3. The van der Waals surface area contributed by atoms with Crippen molar-refractivity contribution in [2.75, 3.05) is 50.9 Å². The van der Waals surface area contributed by atoms with Crippen LogP contribution in [-0.2, 0) is 44.8 Å². The molecular formula is C58H67F3N6O10S2. The number of unbranched alkanes of at least 4 members (excludes halogenated alkanes) is 7. The minimum atomic E-state index is -4.65. The zero-order valence-electron chi connectivity index (χ0n) is 45.0. The Morgan fingerprint density at radius 3 is 1.86 bits per heavy atom. The third kappa shape index (κ3) is 14.0. The number of ether oxygens (including phenoxy) is 6.